The van der Waals surface area contributed by atoms with Crippen molar-refractivity contribution < 1.29 is 0 Å². The molecule has 0 heteroatoms. The van der Waals surface area contributed by atoms with Crippen molar-refractivity contribution in [2.75, 3.05) is 0 Å². The highest BCUT2D eigenvalue weighted by Gasteiger charge is 1.87. The van der Waals surface area contributed by atoms with Gasteiger partial charge < -0.3 is 0 Å². The van der Waals surface area contributed by atoms with Crippen molar-refractivity contribution in [3.8, 4) is 0 Å². The topological polar surface area (TPSA) is 0 Å². The van der Waals surface area contributed by atoms with Crippen LogP contribution in [-0.2, 0) is 0 Å². The minimum absolute atomic E-state index is 1.00. The molecule has 0 aromatic rings. The van der Waals surface area contributed by atoms with Crippen LogP contribution in [-0.4, -0.2) is 0 Å². The Bertz CT molecular complexity index is 153. The first kappa shape index (κ1) is 14.5. The van der Waals surface area contributed by atoms with E-state index in [4.69, 9.17) is 0 Å². The predicted molar refractivity (Wildman–Crippen MR) is 70.9 cm³/mol. The fraction of sp³-hybridized carbons (Fsp3) is 0.667. The molecule has 0 bridgehead atoms. The Morgan fingerprint density at radius 1 is 0.800 bits per heavy atom. The Labute approximate surface area is 96.5 Å². The zero-order valence-corrected chi connectivity index (χ0v) is 10.4. The summed E-state index contributed by atoms with van der Waals surface area (Å²) in [5.41, 5.74) is 0. The van der Waals surface area contributed by atoms with Crippen molar-refractivity contribution in [1.82, 2.24) is 0 Å². The van der Waals surface area contributed by atoms with Crippen LogP contribution in [0.15, 0.2) is 24.3 Å². The molecule has 0 amide bonds. The molecular formula is C15H27. The molecule has 0 heterocycles. The molecule has 0 saturated carbocycles. The summed E-state index contributed by atoms with van der Waals surface area (Å²) in [6.07, 6.45) is 20.4. The number of hydrogen-bond acceptors (Lipinski definition) is 0. The van der Waals surface area contributed by atoms with Crippen LogP contribution in [0.5, 0.6) is 0 Å². The number of unbranched alkanes of at least 4 members (excludes halogenated alkanes) is 7. The molecule has 0 aromatic heterocycles. The van der Waals surface area contributed by atoms with Crippen molar-refractivity contribution >= 4 is 0 Å². The molecule has 0 aliphatic carbocycles. The predicted octanol–water partition coefficient (Wildman–Crippen LogP) is 5.46. The molecule has 0 atom stereocenters. The van der Waals surface area contributed by atoms with Gasteiger partial charge in [0.25, 0.3) is 0 Å². The molecule has 0 nitrogen and oxygen atoms in total. The Morgan fingerprint density at radius 3 is 2.07 bits per heavy atom. The maximum atomic E-state index is 3.79. The second kappa shape index (κ2) is 13.5. The van der Waals surface area contributed by atoms with Crippen LogP contribution in [0.4, 0.5) is 0 Å². The molecule has 15 heavy (non-hydrogen) atoms. The Balaban J connectivity index is 3.09. The lowest BCUT2D eigenvalue weighted by Gasteiger charge is -1.97. The van der Waals surface area contributed by atoms with Gasteiger partial charge in [0.1, 0.15) is 0 Å². The Morgan fingerprint density at radius 2 is 1.40 bits per heavy atom. The fourth-order valence-corrected chi connectivity index (χ4v) is 1.51. The number of rotatable bonds is 10. The monoisotopic (exact) mass is 207 g/mol. The van der Waals surface area contributed by atoms with Crippen LogP contribution in [0.1, 0.15) is 64.7 Å². The lowest BCUT2D eigenvalue weighted by Crippen LogP contribution is -1.77. The van der Waals surface area contributed by atoms with E-state index in [1.165, 1.54) is 44.9 Å². The lowest BCUT2D eigenvalue weighted by atomic mass is 10.1. The standard InChI is InChI=1S/C15H27/c1-3-5-7-9-11-13-15-14-12-10-8-6-4-2/h7,9,11,13H,1,3-6,8,10,12,14-15H2,2H3. The van der Waals surface area contributed by atoms with Gasteiger partial charge in [-0.25, -0.2) is 0 Å². The lowest BCUT2D eigenvalue weighted by molar-refractivity contribution is 0.611. The smallest absolute Gasteiger partial charge is 0.0348 e. The summed E-state index contributed by atoms with van der Waals surface area (Å²) in [6, 6.07) is 0. The summed E-state index contributed by atoms with van der Waals surface area (Å²) in [5, 5.41) is 0. The summed E-state index contributed by atoms with van der Waals surface area (Å²) >= 11 is 0. The van der Waals surface area contributed by atoms with Gasteiger partial charge in [0.2, 0.25) is 0 Å². The molecule has 0 N–H and O–H groups in total. The third-order valence-electron chi connectivity index (χ3n) is 2.48. The van der Waals surface area contributed by atoms with Crippen LogP contribution in [0.2, 0.25) is 0 Å². The molecule has 0 rings (SSSR count). The Kier molecular flexibility index (Phi) is 13.0. The highest BCUT2D eigenvalue weighted by molar-refractivity contribution is 5.02. The molecular weight excluding hydrogens is 180 g/mol. The molecule has 0 fully saturated rings. The van der Waals surface area contributed by atoms with E-state index in [-0.39, 0.29) is 0 Å². The number of hydrogen-bond donors (Lipinski definition) is 0. The van der Waals surface area contributed by atoms with E-state index in [0.29, 0.717) is 0 Å². The summed E-state index contributed by atoms with van der Waals surface area (Å²) in [4.78, 5) is 0. The van der Waals surface area contributed by atoms with E-state index in [9.17, 15) is 0 Å². The summed E-state index contributed by atoms with van der Waals surface area (Å²) in [5.74, 6) is 0. The van der Waals surface area contributed by atoms with Crippen LogP contribution in [0, 0.1) is 6.92 Å². The van der Waals surface area contributed by atoms with Gasteiger partial charge in [-0.3, -0.25) is 0 Å². The van der Waals surface area contributed by atoms with Gasteiger partial charge in [-0.15, -0.1) is 0 Å². The maximum Gasteiger partial charge on any atom is -0.0348 e. The van der Waals surface area contributed by atoms with E-state index in [1.807, 2.05) is 0 Å². The Hall–Kier alpha value is -0.520. The molecule has 0 aromatic carbocycles. The summed E-state index contributed by atoms with van der Waals surface area (Å²) in [7, 11) is 0. The average molecular weight is 207 g/mol. The molecule has 0 spiro atoms. The zero-order valence-electron chi connectivity index (χ0n) is 10.4. The highest BCUT2D eigenvalue weighted by Crippen LogP contribution is 2.07. The third-order valence-corrected chi connectivity index (χ3v) is 2.48. The normalized spacial score (nSPS) is 11.9. The second-order valence-electron chi connectivity index (χ2n) is 4.05. The molecule has 87 valence electrons. The highest BCUT2D eigenvalue weighted by atomic mass is 13.9. The van der Waals surface area contributed by atoms with Crippen LogP contribution < -0.4 is 0 Å². The van der Waals surface area contributed by atoms with Crippen molar-refractivity contribution in [2.45, 2.75) is 64.7 Å². The quantitative estimate of drug-likeness (QED) is 0.329. The first-order chi connectivity index (χ1) is 7.41. The van der Waals surface area contributed by atoms with Crippen molar-refractivity contribution in [3.63, 3.8) is 0 Å². The largest absolute Gasteiger partial charge is 0.0845 e. The van der Waals surface area contributed by atoms with Gasteiger partial charge in [0.05, 0.1) is 0 Å². The van der Waals surface area contributed by atoms with Gasteiger partial charge in [0, 0.05) is 0 Å². The van der Waals surface area contributed by atoms with Crippen LogP contribution in [0.25, 0.3) is 0 Å². The minimum atomic E-state index is 1.00. The van der Waals surface area contributed by atoms with Gasteiger partial charge in [0.15, 0.2) is 0 Å². The summed E-state index contributed by atoms with van der Waals surface area (Å²) in [6.45, 7) is 6.06. The van der Waals surface area contributed by atoms with Gasteiger partial charge in [-0.2, -0.15) is 0 Å². The van der Waals surface area contributed by atoms with Crippen LogP contribution in [0.3, 0.4) is 0 Å². The minimum Gasteiger partial charge on any atom is -0.0845 e. The van der Waals surface area contributed by atoms with Crippen molar-refractivity contribution in [1.29, 1.82) is 0 Å². The third kappa shape index (κ3) is 13.5. The molecule has 0 unspecified atom stereocenters. The van der Waals surface area contributed by atoms with E-state index < -0.39 is 0 Å². The number of allylic oxidation sites excluding steroid dienone is 4. The maximum absolute atomic E-state index is 3.79. The van der Waals surface area contributed by atoms with Gasteiger partial charge in [-0.1, -0.05) is 70.3 Å². The van der Waals surface area contributed by atoms with E-state index >= 15 is 0 Å². The zero-order chi connectivity index (χ0) is 11.2. The van der Waals surface area contributed by atoms with Gasteiger partial charge in [-0.05, 0) is 25.7 Å². The van der Waals surface area contributed by atoms with Crippen LogP contribution >= 0.6 is 0 Å². The van der Waals surface area contributed by atoms with Gasteiger partial charge >= 0.3 is 0 Å². The molecule has 0 aliphatic rings. The van der Waals surface area contributed by atoms with Crippen molar-refractivity contribution in [2.24, 2.45) is 0 Å². The van der Waals surface area contributed by atoms with E-state index in [0.717, 1.165) is 12.8 Å². The second-order valence-corrected chi connectivity index (χ2v) is 4.05. The molecule has 0 saturated heterocycles. The first-order valence-corrected chi connectivity index (χ1v) is 6.52. The van der Waals surface area contributed by atoms with Crippen molar-refractivity contribution in [3.05, 3.63) is 31.2 Å². The molecule has 1 radical (unpaired) electrons. The van der Waals surface area contributed by atoms with E-state index in [1.54, 1.807) is 0 Å². The fourth-order valence-electron chi connectivity index (χ4n) is 1.51. The molecule has 0 aliphatic heterocycles. The van der Waals surface area contributed by atoms with E-state index in [2.05, 4.69) is 38.2 Å². The average Bonchev–Trinajstić information content (AvgIpc) is 2.26. The summed E-state index contributed by atoms with van der Waals surface area (Å²) < 4.78 is 0. The first-order valence-electron chi connectivity index (χ1n) is 6.52. The SMILES string of the molecule is [CH2]CCC=CC=CCCCCCCCC.